The maximum atomic E-state index is 13.8. The van der Waals surface area contributed by atoms with Crippen LogP contribution >= 0.6 is 0 Å². The van der Waals surface area contributed by atoms with Crippen molar-refractivity contribution < 1.29 is 38.1 Å². The summed E-state index contributed by atoms with van der Waals surface area (Å²) in [5, 5.41) is 2.91. The van der Waals surface area contributed by atoms with E-state index in [-0.39, 0.29) is 48.1 Å². The first-order chi connectivity index (χ1) is 17.8. The van der Waals surface area contributed by atoms with Gasteiger partial charge in [-0.15, -0.1) is 0 Å². The smallest absolute Gasteiger partial charge is 0.339 e. The molecule has 0 aromatic heterocycles. The van der Waals surface area contributed by atoms with Crippen LogP contribution in [0.2, 0.25) is 0 Å². The Morgan fingerprint density at radius 3 is 2.24 bits per heavy atom. The van der Waals surface area contributed by atoms with Crippen LogP contribution in [0.15, 0.2) is 77.3 Å². The summed E-state index contributed by atoms with van der Waals surface area (Å²) < 4.78 is 21.3. The van der Waals surface area contributed by atoms with E-state index in [1.54, 1.807) is 62.4 Å². The normalized spacial score (nSPS) is 18.2. The Kier molecular flexibility index (Phi) is 7.28. The molecule has 0 unspecified atom stereocenters. The molecule has 2 heterocycles. The van der Waals surface area contributed by atoms with Crippen LogP contribution in [0.3, 0.4) is 0 Å². The molecule has 2 aliphatic heterocycles. The first kappa shape index (κ1) is 25.5. The second-order valence-electron chi connectivity index (χ2n) is 8.16. The van der Waals surface area contributed by atoms with Crippen LogP contribution in [0.5, 0.6) is 0 Å². The Balaban J connectivity index is 1.90. The molecule has 0 radical (unpaired) electrons. The molecule has 1 atom stereocenters. The molecule has 0 saturated carbocycles. The van der Waals surface area contributed by atoms with Crippen molar-refractivity contribution in [1.29, 1.82) is 0 Å². The third-order valence-electron chi connectivity index (χ3n) is 5.93. The predicted octanol–water partition coefficient (Wildman–Crippen LogP) is 2.59. The minimum Gasteiger partial charge on any atom is -0.466 e. The monoisotopic (exact) mass is 506 g/mol. The number of rotatable bonds is 8. The molecule has 2 aliphatic rings. The number of hydrogen-bond acceptors (Lipinski definition) is 10. The summed E-state index contributed by atoms with van der Waals surface area (Å²) in [6.07, 6.45) is -0.530. The van der Waals surface area contributed by atoms with Gasteiger partial charge in [0.15, 0.2) is 5.41 Å². The second kappa shape index (κ2) is 10.6. The van der Waals surface area contributed by atoms with Crippen molar-refractivity contribution >= 4 is 29.6 Å². The third kappa shape index (κ3) is 4.53. The summed E-state index contributed by atoms with van der Waals surface area (Å²) in [5.41, 5.74) is 4.81. The predicted molar refractivity (Wildman–Crippen MR) is 130 cm³/mol. The fourth-order valence-corrected chi connectivity index (χ4v) is 4.48. The Hall–Kier alpha value is -4.60. The molecule has 3 N–H and O–H groups in total. The Bertz CT molecular complexity index is 1310. The van der Waals surface area contributed by atoms with Crippen LogP contribution in [0.25, 0.3) is 0 Å². The molecule has 37 heavy (non-hydrogen) atoms. The summed E-state index contributed by atoms with van der Waals surface area (Å²) in [6.45, 7) is 3.14. The van der Waals surface area contributed by atoms with Crippen LogP contribution in [-0.2, 0) is 50.1 Å². The number of carbonyl (C=O) groups excluding carboxylic acids is 4. The fourth-order valence-electron chi connectivity index (χ4n) is 4.48. The zero-order valence-electron chi connectivity index (χ0n) is 20.4. The maximum absolute atomic E-state index is 13.8. The molecular formula is C27H26N2O8. The number of hydrogen-bond donors (Lipinski definition) is 2. The zero-order valence-corrected chi connectivity index (χ0v) is 20.4. The van der Waals surface area contributed by atoms with Gasteiger partial charge in [0.25, 0.3) is 0 Å². The van der Waals surface area contributed by atoms with Gasteiger partial charge in [-0.25, -0.2) is 14.4 Å². The lowest BCUT2D eigenvalue weighted by molar-refractivity contribution is -0.149. The van der Waals surface area contributed by atoms with Crippen molar-refractivity contribution in [3.8, 4) is 0 Å². The number of nitrogens with two attached hydrogens (primary N) is 1. The zero-order chi connectivity index (χ0) is 26.6. The highest BCUT2D eigenvalue weighted by Gasteiger charge is 2.63. The molecule has 0 aliphatic carbocycles. The van der Waals surface area contributed by atoms with Gasteiger partial charge < -0.3 is 30.0 Å². The van der Waals surface area contributed by atoms with E-state index in [2.05, 4.69) is 5.32 Å². The Labute approximate surface area is 213 Å². The number of nitrogens with one attached hydrogen (secondary N) is 1. The first-order valence-corrected chi connectivity index (χ1v) is 11.7. The standard InChI is InChI=1S/C27H26N2O8/c1-3-34-20(30)14-19-21(24(31)35-4-2)27(26(33)37-19)17-12-8-9-13-18(17)29-23(28)22(27)25(32)36-15-16-10-6-5-7-11-16/h5-13,29H,3-4,14-15,28H2,1-2H3/t27-/m1/s1. The van der Waals surface area contributed by atoms with Crippen molar-refractivity contribution in [3.63, 3.8) is 0 Å². The molecule has 2 aromatic rings. The number of esters is 4. The lowest BCUT2D eigenvalue weighted by Gasteiger charge is -2.35. The molecule has 0 saturated heterocycles. The molecule has 192 valence electrons. The molecule has 4 rings (SSSR count). The topological polar surface area (TPSA) is 143 Å². The van der Waals surface area contributed by atoms with Gasteiger partial charge in [-0.1, -0.05) is 48.5 Å². The van der Waals surface area contributed by atoms with Crippen LogP contribution in [0, 0.1) is 0 Å². The van der Waals surface area contributed by atoms with E-state index >= 15 is 0 Å². The molecule has 10 heteroatoms. The van der Waals surface area contributed by atoms with Gasteiger partial charge in [0.05, 0.1) is 13.2 Å². The lowest BCUT2D eigenvalue weighted by Crippen LogP contribution is -2.47. The highest BCUT2D eigenvalue weighted by molar-refractivity contribution is 6.16. The molecule has 0 amide bonds. The molecular weight excluding hydrogens is 480 g/mol. The molecule has 0 bridgehead atoms. The van der Waals surface area contributed by atoms with Crippen molar-refractivity contribution in [1.82, 2.24) is 0 Å². The summed E-state index contributed by atoms with van der Waals surface area (Å²) in [5.74, 6) is -4.08. The van der Waals surface area contributed by atoms with Gasteiger partial charge in [-0.2, -0.15) is 0 Å². The number of fused-ring (bicyclic) bond motifs is 2. The van der Waals surface area contributed by atoms with E-state index in [9.17, 15) is 19.2 Å². The average Bonchev–Trinajstić information content (AvgIpc) is 3.15. The first-order valence-electron chi connectivity index (χ1n) is 11.7. The van der Waals surface area contributed by atoms with Gasteiger partial charge in [0, 0.05) is 11.3 Å². The summed E-state index contributed by atoms with van der Waals surface area (Å²) in [7, 11) is 0. The number of cyclic esters (lactones) is 1. The summed E-state index contributed by atoms with van der Waals surface area (Å²) >= 11 is 0. The van der Waals surface area contributed by atoms with E-state index < -0.39 is 35.7 Å². The minimum absolute atomic E-state index is 0.0355. The molecule has 1 spiro atoms. The van der Waals surface area contributed by atoms with Gasteiger partial charge in [-0.05, 0) is 25.5 Å². The Morgan fingerprint density at radius 1 is 0.892 bits per heavy atom. The largest absolute Gasteiger partial charge is 0.466 e. The van der Waals surface area contributed by atoms with E-state index in [1.165, 1.54) is 0 Å². The molecule has 10 nitrogen and oxygen atoms in total. The number of benzene rings is 2. The molecule has 2 aromatic carbocycles. The number of anilines is 1. The van der Waals surface area contributed by atoms with Gasteiger partial charge in [0.2, 0.25) is 0 Å². The summed E-state index contributed by atoms with van der Waals surface area (Å²) in [4.78, 5) is 53.1. The van der Waals surface area contributed by atoms with E-state index in [4.69, 9.17) is 24.7 Å². The van der Waals surface area contributed by atoms with Crippen molar-refractivity contribution in [2.75, 3.05) is 18.5 Å². The molecule has 0 fully saturated rings. The average molecular weight is 507 g/mol. The van der Waals surface area contributed by atoms with Crippen LogP contribution < -0.4 is 11.1 Å². The van der Waals surface area contributed by atoms with Crippen LogP contribution in [-0.4, -0.2) is 37.1 Å². The number of para-hydroxylation sites is 1. The minimum atomic E-state index is -2.13. The Morgan fingerprint density at radius 2 is 1.54 bits per heavy atom. The highest BCUT2D eigenvalue weighted by atomic mass is 16.6. The quantitative estimate of drug-likeness (QED) is 0.405. The highest BCUT2D eigenvalue weighted by Crippen LogP contribution is 2.53. The summed E-state index contributed by atoms with van der Waals surface area (Å²) in [6, 6.07) is 15.4. The third-order valence-corrected chi connectivity index (χ3v) is 5.93. The number of carbonyl (C=O) groups is 4. The van der Waals surface area contributed by atoms with Crippen LogP contribution in [0.1, 0.15) is 31.4 Å². The van der Waals surface area contributed by atoms with Crippen molar-refractivity contribution in [2.24, 2.45) is 5.73 Å². The van der Waals surface area contributed by atoms with Gasteiger partial charge in [0.1, 0.15) is 35.8 Å². The van der Waals surface area contributed by atoms with Gasteiger partial charge >= 0.3 is 23.9 Å². The van der Waals surface area contributed by atoms with E-state index in [1.807, 2.05) is 6.07 Å². The van der Waals surface area contributed by atoms with E-state index in [0.29, 0.717) is 11.3 Å². The lowest BCUT2D eigenvalue weighted by atomic mass is 9.66. The SMILES string of the molecule is CCOC(=O)CC1=C(C(=O)OCC)[C@@]2(C(=O)O1)C(C(=O)OCc1ccccc1)=C(N)Nc1ccccc12. The van der Waals surface area contributed by atoms with Crippen molar-refractivity contribution in [3.05, 3.63) is 88.5 Å². The fraction of sp³-hybridized carbons (Fsp3) is 0.259. The maximum Gasteiger partial charge on any atom is 0.339 e. The van der Waals surface area contributed by atoms with Crippen molar-refractivity contribution in [2.45, 2.75) is 32.3 Å². The number of ether oxygens (including phenoxy) is 4. The second-order valence-corrected chi connectivity index (χ2v) is 8.16. The van der Waals surface area contributed by atoms with Gasteiger partial charge in [-0.3, -0.25) is 4.79 Å². The van der Waals surface area contributed by atoms with Crippen LogP contribution in [0.4, 0.5) is 5.69 Å². The van der Waals surface area contributed by atoms with E-state index in [0.717, 1.165) is 0 Å².